The predicted octanol–water partition coefficient (Wildman–Crippen LogP) is 2.28. The molecule has 1 aromatic rings. The maximum absolute atomic E-state index is 13.4. The average molecular weight is 318 g/mol. The fourth-order valence-corrected chi connectivity index (χ4v) is 3.32. The van der Waals surface area contributed by atoms with Crippen LogP contribution in [0, 0.1) is 11.7 Å². The lowest BCUT2D eigenvalue weighted by Crippen LogP contribution is -2.47. The molecule has 0 spiro atoms. The van der Waals surface area contributed by atoms with Crippen molar-refractivity contribution < 1.29 is 14.0 Å². The van der Waals surface area contributed by atoms with Crippen molar-refractivity contribution in [3.8, 4) is 0 Å². The van der Waals surface area contributed by atoms with E-state index < -0.39 is 0 Å². The van der Waals surface area contributed by atoms with Gasteiger partial charge in [0.2, 0.25) is 11.8 Å². The molecular formula is C18H23FN2O2. The van der Waals surface area contributed by atoms with E-state index >= 15 is 0 Å². The van der Waals surface area contributed by atoms with E-state index in [1.54, 1.807) is 6.07 Å². The minimum absolute atomic E-state index is 0.0899. The van der Waals surface area contributed by atoms with E-state index in [1.165, 1.54) is 12.1 Å². The average Bonchev–Trinajstić information content (AvgIpc) is 2.88. The number of rotatable bonds is 6. The Kier molecular flexibility index (Phi) is 4.94. The third-order valence-corrected chi connectivity index (χ3v) is 4.90. The van der Waals surface area contributed by atoms with Crippen molar-refractivity contribution in [3.63, 3.8) is 0 Å². The summed E-state index contributed by atoms with van der Waals surface area (Å²) in [6, 6.07) is 6.36. The molecule has 1 N–H and O–H groups in total. The Morgan fingerprint density at radius 3 is 2.78 bits per heavy atom. The van der Waals surface area contributed by atoms with Crippen LogP contribution in [0.1, 0.15) is 37.7 Å². The van der Waals surface area contributed by atoms with Gasteiger partial charge in [0.05, 0.1) is 6.04 Å². The van der Waals surface area contributed by atoms with Gasteiger partial charge in [0.25, 0.3) is 0 Å². The monoisotopic (exact) mass is 318 g/mol. The first kappa shape index (κ1) is 16.0. The van der Waals surface area contributed by atoms with Crippen molar-refractivity contribution in [2.24, 2.45) is 5.92 Å². The molecule has 1 aliphatic heterocycles. The SMILES string of the molecule is O=C(NC[C@H](Cc1cccc(F)c1)N1CCCC1=O)C1CCC1. The minimum Gasteiger partial charge on any atom is -0.354 e. The van der Waals surface area contributed by atoms with Gasteiger partial charge in [-0.05, 0) is 43.4 Å². The van der Waals surface area contributed by atoms with E-state index in [-0.39, 0.29) is 29.6 Å². The van der Waals surface area contributed by atoms with Crippen molar-refractivity contribution in [2.75, 3.05) is 13.1 Å². The van der Waals surface area contributed by atoms with E-state index in [2.05, 4.69) is 5.32 Å². The summed E-state index contributed by atoms with van der Waals surface area (Å²) in [7, 11) is 0. The first-order valence-corrected chi connectivity index (χ1v) is 8.45. The van der Waals surface area contributed by atoms with Crippen LogP contribution in [0.25, 0.3) is 0 Å². The summed E-state index contributed by atoms with van der Waals surface area (Å²) in [5.41, 5.74) is 0.854. The zero-order chi connectivity index (χ0) is 16.2. The number of amides is 2. The van der Waals surface area contributed by atoms with E-state index in [1.807, 2.05) is 11.0 Å². The van der Waals surface area contributed by atoms with Gasteiger partial charge in [0.15, 0.2) is 0 Å². The second-order valence-corrected chi connectivity index (χ2v) is 6.55. The van der Waals surface area contributed by atoms with Crippen LogP contribution < -0.4 is 5.32 Å². The molecular weight excluding hydrogens is 295 g/mol. The summed E-state index contributed by atoms with van der Waals surface area (Å²) in [5, 5.41) is 2.99. The molecule has 0 unspecified atom stereocenters. The van der Waals surface area contributed by atoms with Crippen LogP contribution in [0.15, 0.2) is 24.3 Å². The number of carbonyl (C=O) groups excluding carboxylic acids is 2. The Hall–Kier alpha value is -1.91. The Morgan fingerprint density at radius 1 is 1.35 bits per heavy atom. The number of nitrogens with one attached hydrogen (secondary N) is 1. The molecule has 23 heavy (non-hydrogen) atoms. The van der Waals surface area contributed by atoms with Gasteiger partial charge in [-0.3, -0.25) is 9.59 Å². The third kappa shape index (κ3) is 3.89. The first-order chi connectivity index (χ1) is 11.1. The molecule has 0 aromatic heterocycles. The highest BCUT2D eigenvalue weighted by Gasteiger charge is 2.30. The van der Waals surface area contributed by atoms with Crippen LogP contribution in [0.5, 0.6) is 0 Å². The van der Waals surface area contributed by atoms with Gasteiger partial charge in [0, 0.05) is 25.4 Å². The van der Waals surface area contributed by atoms with E-state index in [9.17, 15) is 14.0 Å². The van der Waals surface area contributed by atoms with Crippen LogP contribution in [0.4, 0.5) is 4.39 Å². The van der Waals surface area contributed by atoms with Crippen molar-refractivity contribution in [1.82, 2.24) is 10.2 Å². The molecule has 2 aliphatic rings. The summed E-state index contributed by atoms with van der Waals surface area (Å²) < 4.78 is 13.4. The van der Waals surface area contributed by atoms with Crippen LogP contribution in [0.3, 0.4) is 0 Å². The summed E-state index contributed by atoms with van der Waals surface area (Å²) in [6.45, 7) is 1.16. The second kappa shape index (κ2) is 7.11. The largest absolute Gasteiger partial charge is 0.354 e. The fraction of sp³-hybridized carbons (Fsp3) is 0.556. The van der Waals surface area contributed by atoms with Gasteiger partial charge in [-0.25, -0.2) is 4.39 Å². The van der Waals surface area contributed by atoms with Crippen molar-refractivity contribution in [1.29, 1.82) is 0 Å². The lowest BCUT2D eigenvalue weighted by atomic mass is 9.85. The molecule has 0 bridgehead atoms. The smallest absolute Gasteiger partial charge is 0.223 e. The minimum atomic E-state index is -0.271. The highest BCUT2D eigenvalue weighted by atomic mass is 19.1. The van der Waals surface area contributed by atoms with Crippen LogP contribution >= 0.6 is 0 Å². The number of benzene rings is 1. The first-order valence-electron chi connectivity index (χ1n) is 8.45. The lowest BCUT2D eigenvalue weighted by Gasteiger charge is -2.30. The molecule has 1 saturated heterocycles. The summed E-state index contributed by atoms with van der Waals surface area (Å²) >= 11 is 0. The number of likely N-dealkylation sites (tertiary alicyclic amines) is 1. The molecule has 1 saturated carbocycles. The van der Waals surface area contributed by atoms with Gasteiger partial charge >= 0.3 is 0 Å². The summed E-state index contributed by atoms with van der Waals surface area (Å²) in [6.07, 6.45) is 5.03. The van der Waals surface area contributed by atoms with Crippen molar-refractivity contribution in [3.05, 3.63) is 35.6 Å². The van der Waals surface area contributed by atoms with E-state index in [0.29, 0.717) is 19.4 Å². The molecule has 1 heterocycles. The highest BCUT2D eigenvalue weighted by Crippen LogP contribution is 2.26. The van der Waals surface area contributed by atoms with E-state index in [0.717, 1.165) is 37.8 Å². The molecule has 3 rings (SSSR count). The highest BCUT2D eigenvalue weighted by molar-refractivity contribution is 5.80. The molecule has 4 nitrogen and oxygen atoms in total. The van der Waals surface area contributed by atoms with Crippen molar-refractivity contribution in [2.45, 2.75) is 44.6 Å². The van der Waals surface area contributed by atoms with Gasteiger partial charge < -0.3 is 10.2 Å². The van der Waals surface area contributed by atoms with Gasteiger partial charge in [-0.1, -0.05) is 18.6 Å². The maximum atomic E-state index is 13.4. The Labute approximate surface area is 136 Å². The predicted molar refractivity (Wildman–Crippen MR) is 85.2 cm³/mol. The fourth-order valence-electron chi connectivity index (χ4n) is 3.32. The zero-order valence-corrected chi connectivity index (χ0v) is 13.3. The summed E-state index contributed by atoms with van der Waals surface area (Å²) in [5.74, 6) is 0.0861. The molecule has 1 atom stereocenters. The number of halogens is 1. The van der Waals surface area contributed by atoms with Gasteiger partial charge in [-0.15, -0.1) is 0 Å². The molecule has 0 radical (unpaired) electrons. The Bertz CT molecular complexity index is 586. The number of hydrogen-bond donors (Lipinski definition) is 1. The summed E-state index contributed by atoms with van der Waals surface area (Å²) in [4.78, 5) is 26.0. The van der Waals surface area contributed by atoms with Crippen LogP contribution in [0.2, 0.25) is 0 Å². The normalized spacial score (nSPS) is 19.5. The van der Waals surface area contributed by atoms with Crippen LogP contribution in [-0.4, -0.2) is 35.8 Å². The number of nitrogens with zero attached hydrogens (tertiary/aromatic N) is 1. The molecule has 124 valence electrons. The quantitative estimate of drug-likeness (QED) is 0.875. The molecule has 1 aliphatic carbocycles. The lowest BCUT2D eigenvalue weighted by molar-refractivity contribution is -0.131. The second-order valence-electron chi connectivity index (χ2n) is 6.55. The standard InChI is InChI=1S/C18H23FN2O2/c19-15-7-1-4-13(10-15)11-16(21-9-3-8-17(21)22)12-20-18(23)14-5-2-6-14/h1,4,7,10,14,16H,2-3,5-6,8-9,11-12H2,(H,20,23)/t16-/m0/s1. The Balaban J connectivity index is 1.65. The topological polar surface area (TPSA) is 49.4 Å². The maximum Gasteiger partial charge on any atom is 0.223 e. The molecule has 5 heteroatoms. The number of hydrogen-bond acceptors (Lipinski definition) is 2. The zero-order valence-electron chi connectivity index (χ0n) is 13.3. The Morgan fingerprint density at radius 2 is 2.17 bits per heavy atom. The van der Waals surface area contributed by atoms with E-state index in [4.69, 9.17) is 0 Å². The number of carbonyl (C=O) groups is 2. The molecule has 2 fully saturated rings. The van der Waals surface area contributed by atoms with Gasteiger partial charge in [-0.2, -0.15) is 0 Å². The third-order valence-electron chi connectivity index (χ3n) is 4.90. The van der Waals surface area contributed by atoms with Crippen LogP contribution in [-0.2, 0) is 16.0 Å². The molecule has 1 aromatic carbocycles. The van der Waals surface area contributed by atoms with Gasteiger partial charge in [0.1, 0.15) is 5.82 Å². The molecule has 2 amide bonds. The van der Waals surface area contributed by atoms with Crippen molar-refractivity contribution >= 4 is 11.8 Å².